The Morgan fingerprint density at radius 2 is 1.74 bits per heavy atom. The van der Waals surface area contributed by atoms with E-state index in [1.807, 2.05) is 12.1 Å². The topological polar surface area (TPSA) is 35.5 Å². The standard InChI is InChI=1S/C22H14ClFO3/c23-16-5-1-15(2-6-16)13-26-18-9-10-19-20(12-18)27-21(22(19)25)11-14-3-7-17(24)8-4-14/h1-12H,13H2/b21-11-. The summed E-state index contributed by atoms with van der Waals surface area (Å²) in [6, 6.07) is 18.3. The third-order valence-electron chi connectivity index (χ3n) is 4.13. The Morgan fingerprint density at radius 3 is 2.48 bits per heavy atom. The second-order valence-corrected chi connectivity index (χ2v) is 6.50. The number of allylic oxidation sites excluding steroid dienone is 1. The summed E-state index contributed by atoms with van der Waals surface area (Å²) in [5.41, 5.74) is 2.14. The van der Waals surface area contributed by atoms with E-state index in [-0.39, 0.29) is 17.4 Å². The van der Waals surface area contributed by atoms with Gasteiger partial charge in [-0.2, -0.15) is 0 Å². The molecule has 0 N–H and O–H groups in total. The number of hydrogen-bond acceptors (Lipinski definition) is 3. The molecular formula is C22H14ClFO3. The maximum Gasteiger partial charge on any atom is 0.231 e. The van der Waals surface area contributed by atoms with Crippen LogP contribution >= 0.6 is 11.6 Å². The summed E-state index contributed by atoms with van der Waals surface area (Å²) in [4.78, 5) is 12.5. The number of hydrogen-bond donors (Lipinski definition) is 0. The number of ketones is 1. The zero-order valence-corrected chi connectivity index (χ0v) is 14.9. The zero-order valence-electron chi connectivity index (χ0n) is 14.1. The fourth-order valence-electron chi connectivity index (χ4n) is 2.71. The molecule has 1 heterocycles. The molecule has 0 saturated carbocycles. The van der Waals surface area contributed by atoms with Gasteiger partial charge in [0.1, 0.15) is 23.9 Å². The molecule has 1 aliphatic rings. The number of rotatable bonds is 4. The van der Waals surface area contributed by atoms with E-state index in [0.717, 1.165) is 5.56 Å². The minimum Gasteiger partial charge on any atom is -0.489 e. The van der Waals surface area contributed by atoms with E-state index >= 15 is 0 Å². The molecule has 5 heteroatoms. The Bertz CT molecular complexity index is 1020. The smallest absolute Gasteiger partial charge is 0.231 e. The second kappa shape index (κ2) is 7.25. The summed E-state index contributed by atoms with van der Waals surface area (Å²) < 4.78 is 24.5. The Morgan fingerprint density at radius 1 is 1.00 bits per heavy atom. The van der Waals surface area contributed by atoms with Gasteiger partial charge in [-0.1, -0.05) is 35.9 Å². The van der Waals surface area contributed by atoms with Crippen LogP contribution in [0.1, 0.15) is 21.5 Å². The van der Waals surface area contributed by atoms with Crippen LogP contribution < -0.4 is 9.47 Å². The first kappa shape index (κ1) is 17.3. The maximum atomic E-state index is 13.0. The number of ether oxygens (including phenoxy) is 2. The van der Waals surface area contributed by atoms with Gasteiger partial charge in [0.25, 0.3) is 0 Å². The first-order valence-electron chi connectivity index (χ1n) is 8.29. The second-order valence-electron chi connectivity index (χ2n) is 6.06. The van der Waals surface area contributed by atoms with Crippen molar-refractivity contribution in [2.24, 2.45) is 0 Å². The third-order valence-corrected chi connectivity index (χ3v) is 4.38. The van der Waals surface area contributed by atoms with Gasteiger partial charge in [0.05, 0.1) is 5.56 Å². The van der Waals surface area contributed by atoms with Gasteiger partial charge in [0, 0.05) is 11.1 Å². The normalized spacial score (nSPS) is 14.1. The van der Waals surface area contributed by atoms with Crippen LogP contribution in [0.5, 0.6) is 11.5 Å². The van der Waals surface area contributed by atoms with Gasteiger partial charge >= 0.3 is 0 Å². The molecule has 0 saturated heterocycles. The minimum atomic E-state index is -0.332. The predicted octanol–water partition coefficient (Wildman–Crippen LogP) is 5.67. The first-order valence-corrected chi connectivity index (χ1v) is 8.67. The average molecular weight is 381 g/mol. The van der Waals surface area contributed by atoms with E-state index in [1.165, 1.54) is 12.1 Å². The largest absolute Gasteiger partial charge is 0.489 e. The van der Waals surface area contributed by atoms with Gasteiger partial charge in [0.15, 0.2) is 5.76 Å². The van der Waals surface area contributed by atoms with E-state index in [9.17, 15) is 9.18 Å². The number of halogens is 2. The highest BCUT2D eigenvalue weighted by Gasteiger charge is 2.27. The molecule has 0 unspecified atom stereocenters. The Hall–Kier alpha value is -3.11. The fourth-order valence-corrected chi connectivity index (χ4v) is 2.84. The summed E-state index contributed by atoms with van der Waals surface area (Å²) in [7, 11) is 0. The van der Waals surface area contributed by atoms with Crippen LogP contribution in [-0.2, 0) is 6.61 Å². The van der Waals surface area contributed by atoms with Crippen molar-refractivity contribution >= 4 is 23.5 Å². The molecule has 0 bridgehead atoms. The van der Waals surface area contributed by atoms with Crippen molar-refractivity contribution in [3.05, 3.63) is 100 Å². The molecule has 0 amide bonds. The lowest BCUT2D eigenvalue weighted by molar-refractivity contribution is 0.101. The molecule has 3 nitrogen and oxygen atoms in total. The van der Waals surface area contributed by atoms with Crippen molar-refractivity contribution < 1.29 is 18.7 Å². The lowest BCUT2D eigenvalue weighted by Gasteiger charge is -2.07. The lowest BCUT2D eigenvalue weighted by atomic mass is 10.1. The van der Waals surface area contributed by atoms with Gasteiger partial charge in [-0.3, -0.25) is 4.79 Å². The van der Waals surface area contributed by atoms with Gasteiger partial charge in [-0.05, 0) is 53.6 Å². The van der Waals surface area contributed by atoms with E-state index in [4.69, 9.17) is 21.1 Å². The van der Waals surface area contributed by atoms with Gasteiger partial charge < -0.3 is 9.47 Å². The number of fused-ring (bicyclic) bond motifs is 1. The van der Waals surface area contributed by atoms with E-state index in [0.29, 0.717) is 34.3 Å². The quantitative estimate of drug-likeness (QED) is 0.547. The molecule has 27 heavy (non-hydrogen) atoms. The van der Waals surface area contributed by atoms with E-state index in [2.05, 4.69) is 0 Å². The van der Waals surface area contributed by atoms with E-state index < -0.39 is 0 Å². The summed E-state index contributed by atoms with van der Waals surface area (Å²) in [5, 5.41) is 0.670. The minimum absolute atomic E-state index is 0.200. The highest BCUT2D eigenvalue weighted by Crippen LogP contribution is 2.35. The molecule has 0 aliphatic carbocycles. The van der Waals surface area contributed by atoms with Crippen LogP contribution in [0.3, 0.4) is 0 Å². The monoisotopic (exact) mass is 380 g/mol. The SMILES string of the molecule is O=C1/C(=C/c2ccc(F)cc2)Oc2cc(OCc3ccc(Cl)cc3)ccc21. The first-order chi connectivity index (χ1) is 13.1. The van der Waals surface area contributed by atoms with Crippen LogP contribution in [0, 0.1) is 5.82 Å². The van der Waals surface area contributed by atoms with Crippen LogP contribution in [0.15, 0.2) is 72.5 Å². The van der Waals surface area contributed by atoms with Crippen molar-refractivity contribution in [1.82, 2.24) is 0 Å². The number of benzene rings is 3. The number of carbonyl (C=O) groups excluding carboxylic acids is 1. The molecule has 0 fully saturated rings. The Balaban J connectivity index is 1.50. The van der Waals surface area contributed by atoms with Gasteiger partial charge in [0.2, 0.25) is 5.78 Å². The molecule has 3 aromatic carbocycles. The number of carbonyl (C=O) groups is 1. The molecular weight excluding hydrogens is 367 g/mol. The molecule has 3 aromatic rings. The molecule has 4 rings (SSSR count). The van der Waals surface area contributed by atoms with Crippen molar-refractivity contribution in [3.63, 3.8) is 0 Å². The Labute approximate surface area is 160 Å². The van der Waals surface area contributed by atoms with Crippen LogP contribution in [0.25, 0.3) is 6.08 Å². The summed E-state index contributed by atoms with van der Waals surface area (Å²) in [6.45, 7) is 0.377. The van der Waals surface area contributed by atoms with Crippen molar-refractivity contribution in [1.29, 1.82) is 0 Å². The fraction of sp³-hybridized carbons (Fsp3) is 0.0455. The Kier molecular flexibility index (Phi) is 4.65. The maximum absolute atomic E-state index is 13.0. The van der Waals surface area contributed by atoms with Crippen LogP contribution in [-0.4, -0.2) is 5.78 Å². The molecule has 1 aliphatic heterocycles. The predicted molar refractivity (Wildman–Crippen MR) is 102 cm³/mol. The summed E-state index contributed by atoms with van der Waals surface area (Å²) in [6.07, 6.45) is 1.59. The van der Waals surface area contributed by atoms with Crippen molar-refractivity contribution in [3.8, 4) is 11.5 Å². The molecule has 0 spiro atoms. The summed E-state index contributed by atoms with van der Waals surface area (Å²) in [5.74, 6) is 0.702. The van der Waals surface area contributed by atoms with Gasteiger partial charge in [-0.15, -0.1) is 0 Å². The highest BCUT2D eigenvalue weighted by atomic mass is 35.5. The van der Waals surface area contributed by atoms with Crippen LogP contribution in [0.4, 0.5) is 4.39 Å². The highest BCUT2D eigenvalue weighted by molar-refractivity contribution is 6.30. The summed E-state index contributed by atoms with van der Waals surface area (Å²) >= 11 is 5.87. The molecule has 0 atom stereocenters. The van der Waals surface area contributed by atoms with Crippen molar-refractivity contribution in [2.45, 2.75) is 6.61 Å². The van der Waals surface area contributed by atoms with Crippen molar-refractivity contribution in [2.75, 3.05) is 0 Å². The molecule has 134 valence electrons. The molecule has 0 aromatic heterocycles. The number of Topliss-reactive ketones (excluding diaryl/α,β-unsaturated/α-hetero) is 1. The van der Waals surface area contributed by atoms with Gasteiger partial charge in [-0.25, -0.2) is 4.39 Å². The average Bonchev–Trinajstić information content (AvgIpc) is 2.98. The zero-order chi connectivity index (χ0) is 18.8. The molecule has 0 radical (unpaired) electrons. The van der Waals surface area contributed by atoms with Crippen LogP contribution in [0.2, 0.25) is 5.02 Å². The third kappa shape index (κ3) is 3.86. The van der Waals surface area contributed by atoms with E-state index in [1.54, 1.807) is 48.5 Å². The lowest BCUT2D eigenvalue weighted by Crippen LogP contribution is -1.98.